The van der Waals surface area contributed by atoms with Gasteiger partial charge in [-0.05, 0) is 6.92 Å². The predicted molar refractivity (Wildman–Crippen MR) is 45.2 cm³/mol. The van der Waals surface area contributed by atoms with Crippen molar-refractivity contribution in [2.45, 2.75) is 6.92 Å². The lowest BCUT2D eigenvalue weighted by atomic mass is 10.3. The summed E-state index contributed by atoms with van der Waals surface area (Å²) in [5, 5.41) is 16.7. The summed E-state index contributed by atoms with van der Waals surface area (Å²) in [6, 6.07) is 0. The maximum atomic E-state index is 10.9. The van der Waals surface area contributed by atoms with Crippen LogP contribution in [0.5, 0.6) is 0 Å². The van der Waals surface area contributed by atoms with Crippen LogP contribution in [0.1, 0.15) is 6.92 Å². The molecule has 13 heavy (non-hydrogen) atoms. The molecule has 0 amide bonds. The lowest BCUT2D eigenvalue weighted by Gasteiger charge is -2.04. The van der Waals surface area contributed by atoms with Gasteiger partial charge in [-0.3, -0.25) is 0 Å². The number of hydrogen-bond acceptors (Lipinski definition) is 5. The largest absolute Gasteiger partial charge is 0.515 e. The zero-order valence-corrected chi connectivity index (χ0v) is 7.52. The smallest absolute Gasteiger partial charge is 0.336 e. The van der Waals surface area contributed by atoms with Crippen molar-refractivity contribution in [3.05, 3.63) is 11.8 Å². The Hall–Kier alpha value is -1.07. The number of rotatable bonds is 6. The minimum Gasteiger partial charge on any atom is -0.515 e. The first kappa shape index (κ1) is 11.9. The molecule has 5 nitrogen and oxygen atoms in total. The van der Waals surface area contributed by atoms with Crippen LogP contribution in [0.3, 0.4) is 0 Å². The number of esters is 1. The van der Waals surface area contributed by atoms with Gasteiger partial charge >= 0.3 is 5.97 Å². The van der Waals surface area contributed by atoms with Crippen molar-refractivity contribution < 1.29 is 24.5 Å². The van der Waals surface area contributed by atoms with Gasteiger partial charge in [-0.2, -0.15) is 0 Å². The van der Waals surface area contributed by atoms with E-state index in [2.05, 4.69) is 4.74 Å². The van der Waals surface area contributed by atoms with Gasteiger partial charge in [0.15, 0.2) is 0 Å². The van der Waals surface area contributed by atoms with Crippen molar-refractivity contribution in [3.63, 3.8) is 0 Å². The van der Waals surface area contributed by atoms with Gasteiger partial charge < -0.3 is 19.7 Å². The van der Waals surface area contributed by atoms with Gasteiger partial charge in [0.1, 0.15) is 6.61 Å². The van der Waals surface area contributed by atoms with Gasteiger partial charge in [0, 0.05) is 0 Å². The van der Waals surface area contributed by atoms with Crippen molar-refractivity contribution >= 4 is 5.97 Å². The van der Waals surface area contributed by atoms with Crippen molar-refractivity contribution in [3.8, 4) is 0 Å². The molecular formula is C8H14O5. The highest BCUT2D eigenvalue weighted by Gasteiger charge is 2.04. The van der Waals surface area contributed by atoms with Crippen molar-refractivity contribution in [2.75, 3.05) is 26.4 Å². The Morgan fingerprint density at radius 2 is 2.08 bits per heavy atom. The van der Waals surface area contributed by atoms with Gasteiger partial charge in [-0.15, -0.1) is 0 Å². The number of hydrogen-bond donors (Lipinski definition) is 2. The van der Waals surface area contributed by atoms with Crippen molar-refractivity contribution in [1.82, 2.24) is 0 Å². The van der Waals surface area contributed by atoms with Crippen LogP contribution in [-0.4, -0.2) is 42.6 Å². The minimum absolute atomic E-state index is 0.0521. The van der Waals surface area contributed by atoms with Gasteiger partial charge in [0.25, 0.3) is 0 Å². The van der Waals surface area contributed by atoms with E-state index in [0.717, 1.165) is 0 Å². The first-order valence-electron chi connectivity index (χ1n) is 3.89. The SMILES string of the molecule is CC(=CO)C(=O)OCCOCCO. The highest BCUT2D eigenvalue weighted by molar-refractivity contribution is 5.87. The van der Waals surface area contributed by atoms with E-state index < -0.39 is 5.97 Å². The van der Waals surface area contributed by atoms with E-state index in [1.165, 1.54) is 6.92 Å². The van der Waals surface area contributed by atoms with Crippen LogP contribution in [-0.2, 0) is 14.3 Å². The summed E-state index contributed by atoms with van der Waals surface area (Å²) in [7, 11) is 0. The Morgan fingerprint density at radius 1 is 1.38 bits per heavy atom. The highest BCUT2D eigenvalue weighted by Crippen LogP contribution is 1.94. The maximum absolute atomic E-state index is 10.9. The molecule has 0 aromatic rings. The summed E-state index contributed by atoms with van der Waals surface area (Å²) in [6.07, 6.45) is 0.691. The number of carbonyl (C=O) groups is 1. The Kier molecular flexibility index (Phi) is 6.95. The molecule has 5 heteroatoms. The highest BCUT2D eigenvalue weighted by atomic mass is 16.6. The number of aliphatic hydroxyl groups is 2. The Balaban J connectivity index is 3.38. The van der Waals surface area contributed by atoms with E-state index in [-0.39, 0.29) is 32.0 Å². The second kappa shape index (κ2) is 7.57. The minimum atomic E-state index is -0.574. The predicted octanol–water partition coefficient (Wildman–Crippen LogP) is 0.000300. The zero-order chi connectivity index (χ0) is 10.1. The van der Waals surface area contributed by atoms with Crippen molar-refractivity contribution in [1.29, 1.82) is 0 Å². The Labute approximate surface area is 76.6 Å². The third kappa shape index (κ3) is 6.12. The normalized spacial score (nSPS) is 11.4. The fraction of sp³-hybridized carbons (Fsp3) is 0.625. The Bertz CT molecular complexity index is 175. The third-order valence-corrected chi connectivity index (χ3v) is 1.21. The summed E-state index contributed by atoms with van der Waals surface area (Å²) >= 11 is 0. The molecule has 0 aliphatic heterocycles. The molecule has 0 radical (unpaired) electrons. The molecule has 0 aliphatic rings. The van der Waals surface area contributed by atoms with E-state index in [1.54, 1.807) is 0 Å². The molecule has 0 heterocycles. The fourth-order valence-electron chi connectivity index (χ4n) is 0.526. The molecule has 76 valence electrons. The summed E-state index contributed by atoms with van der Waals surface area (Å²) in [5.74, 6) is -0.574. The standard InChI is InChI=1S/C8H14O5/c1-7(6-10)8(11)13-5-4-12-3-2-9/h6,9-10H,2-5H2,1H3. The monoisotopic (exact) mass is 190 g/mol. The van der Waals surface area contributed by atoms with Crippen LogP contribution in [0.2, 0.25) is 0 Å². The molecular weight excluding hydrogens is 176 g/mol. The van der Waals surface area contributed by atoms with E-state index in [4.69, 9.17) is 14.9 Å². The van der Waals surface area contributed by atoms with Crippen LogP contribution in [0, 0.1) is 0 Å². The van der Waals surface area contributed by atoms with Gasteiger partial charge in [0.2, 0.25) is 0 Å². The van der Waals surface area contributed by atoms with Crippen LogP contribution in [0.25, 0.3) is 0 Å². The van der Waals surface area contributed by atoms with Crippen LogP contribution in [0.4, 0.5) is 0 Å². The first-order chi connectivity index (χ1) is 6.22. The van der Waals surface area contributed by atoms with E-state index in [1.807, 2.05) is 0 Å². The third-order valence-electron chi connectivity index (χ3n) is 1.21. The number of aliphatic hydroxyl groups excluding tert-OH is 2. The molecule has 0 bridgehead atoms. The quantitative estimate of drug-likeness (QED) is 0.267. The van der Waals surface area contributed by atoms with Crippen LogP contribution < -0.4 is 0 Å². The topological polar surface area (TPSA) is 76.0 Å². The Morgan fingerprint density at radius 3 is 2.62 bits per heavy atom. The average molecular weight is 190 g/mol. The van der Waals surface area contributed by atoms with Gasteiger partial charge in [-0.1, -0.05) is 0 Å². The number of ether oxygens (including phenoxy) is 2. The summed E-state index contributed by atoms with van der Waals surface area (Å²) in [4.78, 5) is 10.9. The van der Waals surface area contributed by atoms with Crippen LogP contribution >= 0.6 is 0 Å². The van der Waals surface area contributed by atoms with E-state index in [0.29, 0.717) is 6.26 Å². The summed E-state index contributed by atoms with van der Waals surface area (Å²) in [5.41, 5.74) is 0.141. The van der Waals surface area contributed by atoms with Gasteiger partial charge in [0.05, 0.1) is 31.7 Å². The van der Waals surface area contributed by atoms with E-state index >= 15 is 0 Å². The molecule has 0 unspecified atom stereocenters. The second-order valence-corrected chi connectivity index (χ2v) is 2.28. The molecule has 0 saturated carbocycles. The molecule has 0 aliphatic carbocycles. The molecule has 0 aromatic heterocycles. The van der Waals surface area contributed by atoms with Crippen molar-refractivity contribution in [2.24, 2.45) is 0 Å². The molecule has 0 atom stereocenters. The average Bonchev–Trinajstić information content (AvgIpc) is 2.16. The summed E-state index contributed by atoms with van der Waals surface area (Å²) < 4.78 is 9.50. The molecule has 0 fully saturated rings. The van der Waals surface area contributed by atoms with Crippen LogP contribution in [0.15, 0.2) is 11.8 Å². The van der Waals surface area contributed by atoms with E-state index in [9.17, 15) is 4.79 Å². The molecule has 0 saturated heterocycles. The fourth-order valence-corrected chi connectivity index (χ4v) is 0.526. The number of carbonyl (C=O) groups excluding carboxylic acids is 1. The lowest BCUT2D eigenvalue weighted by molar-refractivity contribution is -0.140. The van der Waals surface area contributed by atoms with Gasteiger partial charge in [-0.25, -0.2) is 4.79 Å². The molecule has 0 rings (SSSR count). The maximum Gasteiger partial charge on any atom is 0.336 e. The lowest BCUT2D eigenvalue weighted by Crippen LogP contribution is -2.12. The summed E-state index contributed by atoms with van der Waals surface area (Å²) in [6.45, 7) is 1.97. The first-order valence-corrected chi connectivity index (χ1v) is 3.89. The molecule has 0 aromatic carbocycles. The molecule has 0 spiro atoms. The molecule has 2 N–H and O–H groups in total. The zero-order valence-electron chi connectivity index (χ0n) is 7.52. The second-order valence-electron chi connectivity index (χ2n) is 2.28.